The third-order valence-corrected chi connectivity index (χ3v) is 6.05. The average Bonchev–Trinajstić information content (AvgIpc) is 2.95. The van der Waals surface area contributed by atoms with Crippen LogP contribution in [0.4, 0.5) is 5.69 Å². The van der Waals surface area contributed by atoms with Crippen LogP contribution in [0.25, 0.3) is 0 Å². The SMILES string of the molecule is Cc1noc(C)c1S(=O)(=O)N[C@@H](C)C(=O)NCCC(=O)Nc1ccc(Br)cc1. The zero-order valence-electron chi connectivity index (χ0n) is 15.6. The third-order valence-electron chi connectivity index (χ3n) is 3.74. The van der Waals surface area contributed by atoms with Gasteiger partial charge in [-0.15, -0.1) is 0 Å². The van der Waals surface area contributed by atoms with Crippen LogP contribution in [-0.4, -0.2) is 38.0 Å². The zero-order valence-corrected chi connectivity index (χ0v) is 18.0. The first kappa shape index (κ1) is 22.1. The molecule has 2 amide bonds. The second-order valence-electron chi connectivity index (χ2n) is 6.09. The van der Waals surface area contributed by atoms with Crippen LogP contribution in [0.2, 0.25) is 0 Å². The van der Waals surface area contributed by atoms with Crippen molar-refractivity contribution in [1.29, 1.82) is 0 Å². The molecule has 28 heavy (non-hydrogen) atoms. The molecule has 1 aromatic heterocycles. The summed E-state index contributed by atoms with van der Waals surface area (Å²) in [5, 5.41) is 8.83. The van der Waals surface area contributed by atoms with Crippen LogP contribution in [0, 0.1) is 13.8 Å². The molecule has 0 saturated carbocycles. The van der Waals surface area contributed by atoms with Crippen molar-refractivity contribution in [3.05, 3.63) is 40.2 Å². The lowest BCUT2D eigenvalue weighted by atomic mass is 10.3. The molecule has 2 aromatic rings. The highest BCUT2D eigenvalue weighted by atomic mass is 79.9. The predicted octanol–water partition coefficient (Wildman–Crippen LogP) is 1.87. The van der Waals surface area contributed by atoms with Crippen molar-refractivity contribution in [3.8, 4) is 0 Å². The van der Waals surface area contributed by atoms with Crippen LogP contribution < -0.4 is 15.4 Å². The van der Waals surface area contributed by atoms with Crippen LogP contribution >= 0.6 is 15.9 Å². The number of nitrogens with zero attached hydrogens (tertiary/aromatic N) is 1. The predicted molar refractivity (Wildman–Crippen MR) is 106 cm³/mol. The van der Waals surface area contributed by atoms with Gasteiger partial charge < -0.3 is 15.2 Å². The number of carbonyl (C=O) groups is 2. The average molecular weight is 473 g/mol. The first-order valence-electron chi connectivity index (χ1n) is 8.38. The second kappa shape index (κ2) is 9.30. The number of hydrogen-bond donors (Lipinski definition) is 3. The number of carbonyl (C=O) groups excluding carboxylic acids is 2. The van der Waals surface area contributed by atoms with Crippen molar-refractivity contribution in [2.24, 2.45) is 0 Å². The second-order valence-corrected chi connectivity index (χ2v) is 8.66. The Labute approximate surface area is 171 Å². The first-order chi connectivity index (χ1) is 13.1. The van der Waals surface area contributed by atoms with E-state index in [9.17, 15) is 18.0 Å². The molecule has 1 atom stereocenters. The molecule has 0 aliphatic heterocycles. The molecule has 152 valence electrons. The minimum absolute atomic E-state index is 0.0468. The Kier molecular flexibility index (Phi) is 7.33. The summed E-state index contributed by atoms with van der Waals surface area (Å²) in [5.41, 5.74) is 0.849. The number of benzene rings is 1. The summed E-state index contributed by atoms with van der Waals surface area (Å²) >= 11 is 3.31. The molecule has 0 bridgehead atoms. The van der Waals surface area contributed by atoms with Gasteiger partial charge in [0.2, 0.25) is 21.8 Å². The quantitative estimate of drug-likeness (QED) is 0.537. The minimum Gasteiger partial charge on any atom is -0.360 e. The van der Waals surface area contributed by atoms with E-state index < -0.39 is 22.0 Å². The maximum Gasteiger partial charge on any atom is 0.246 e. The van der Waals surface area contributed by atoms with E-state index in [1.807, 2.05) is 0 Å². The van der Waals surface area contributed by atoms with Crippen LogP contribution in [0.15, 0.2) is 38.2 Å². The Morgan fingerprint density at radius 3 is 2.43 bits per heavy atom. The molecule has 2 rings (SSSR count). The van der Waals surface area contributed by atoms with Crippen LogP contribution in [0.3, 0.4) is 0 Å². The lowest BCUT2D eigenvalue weighted by Crippen LogP contribution is -2.45. The molecule has 0 saturated heterocycles. The number of hydrogen-bond acceptors (Lipinski definition) is 6. The van der Waals surface area contributed by atoms with E-state index in [1.54, 1.807) is 24.3 Å². The van der Waals surface area contributed by atoms with Crippen molar-refractivity contribution < 1.29 is 22.5 Å². The highest BCUT2D eigenvalue weighted by Crippen LogP contribution is 2.19. The highest BCUT2D eigenvalue weighted by molar-refractivity contribution is 9.10. The molecule has 0 spiro atoms. The number of sulfonamides is 1. The fourth-order valence-electron chi connectivity index (χ4n) is 2.41. The standard InChI is InChI=1S/C17H21BrN4O5S/c1-10-16(12(3)27-21-10)28(25,26)22-11(2)17(24)19-9-8-15(23)20-14-6-4-13(18)5-7-14/h4-7,11,22H,8-9H2,1-3H3,(H,19,24)(H,20,23)/t11-/m0/s1. The number of amides is 2. The number of halogens is 1. The maximum atomic E-state index is 12.4. The highest BCUT2D eigenvalue weighted by Gasteiger charge is 2.28. The van der Waals surface area contributed by atoms with Gasteiger partial charge in [-0.05, 0) is 45.0 Å². The summed E-state index contributed by atoms with van der Waals surface area (Å²) in [6, 6.07) is 6.04. The molecule has 1 heterocycles. The molecule has 0 radical (unpaired) electrons. The van der Waals surface area contributed by atoms with Crippen LogP contribution in [-0.2, 0) is 19.6 Å². The van der Waals surface area contributed by atoms with Crippen molar-refractivity contribution in [2.45, 2.75) is 38.1 Å². The van der Waals surface area contributed by atoms with Gasteiger partial charge in [-0.1, -0.05) is 21.1 Å². The van der Waals surface area contributed by atoms with Crippen molar-refractivity contribution in [1.82, 2.24) is 15.2 Å². The minimum atomic E-state index is -3.96. The normalized spacial score (nSPS) is 12.4. The van der Waals surface area contributed by atoms with Crippen molar-refractivity contribution in [3.63, 3.8) is 0 Å². The number of aromatic nitrogens is 1. The summed E-state index contributed by atoms with van der Waals surface area (Å²) in [6.07, 6.45) is 0.0468. The monoisotopic (exact) mass is 472 g/mol. The Morgan fingerprint density at radius 2 is 1.86 bits per heavy atom. The Hall–Kier alpha value is -2.24. The summed E-state index contributed by atoms with van der Waals surface area (Å²) in [5.74, 6) is -0.680. The lowest BCUT2D eigenvalue weighted by molar-refractivity contribution is -0.122. The Balaban J connectivity index is 1.82. The largest absolute Gasteiger partial charge is 0.360 e. The van der Waals surface area contributed by atoms with Gasteiger partial charge in [0.1, 0.15) is 10.6 Å². The molecule has 9 nitrogen and oxygen atoms in total. The van der Waals surface area contributed by atoms with Crippen molar-refractivity contribution >= 4 is 43.5 Å². The molecule has 0 unspecified atom stereocenters. The number of rotatable bonds is 8. The first-order valence-corrected chi connectivity index (χ1v) is 10.7. The number of nitrogens with one attached hydrogen (secondary N) is 3. The van der Waals surface area contributed by atoms with Gasteiger partial charge >= 0.3 is 0 Å². The van der Waals surface area contributed by atoms with Gasteiger partial charge in [0, 0.05) is 23.1 Å². The van der Waals surface area contributed by atoms with Gasteiger partial charge in [-0.25, -0.2) is 8.42 Å². The van der Waals surface area contributed by atoms with E-state index in [0.29, 0.717) is 5.69 Å². The zero-order chi connectivity index (χ0) is 20.9. The molecule has 3 N–H and O–H groups in total. The maximum absolute atomic E-state index is 12.4. The Bertz CT molecular complexity index is 937. The van der Waals surface area contributed by atoms with E-state index in [1.165, 1.54) is 20.8 Å². The third kappa shape index (κ3) is 5.88. The molecular weight excluding hydrogens is 452 g/mol. The van der Waals surface area contributed by atoms with Gasteiger partial charge in [0.15, 0.2) is 5.76 Å². The molecule has 0 aliphatic carbocycles. The topological polar surface area (TPSA) is 130 Å². The van der Waals surface area contributed by atoms with Gasteiger partial charge in [0.05, 0.1) is 6.04 Å². The van der Waals surface area contributed by atoms with E-state index in [4.69, 9.17) is 4.52 Å². The van der Waals surface area contributed by atoms with Crippen molar-refractivity contribution in [2.75, 3.05) is 11.9 Å². The van der Waals surface area contributed by atoms with Gasteiger partial charge in [-0.2, -0.15) is 4.72 Å². The van der Waals surface area contributed by atoms with Crippen LogP contribution in [0.1, 0.15) is 24.8 Å². The molecule has 0 aliphatic rings. The molecular formula is C17H21BrN4O5S. The molecule has 1 aromatic carbocycles. The number of anilines is 1. The summed E-state index contributed by atoms with van der Waals surface area (Å²) in [7, 11) is -3.96. The lowest BCUT2D eigenvalue weighted by Gasteiger charge is -2.14. The number of aryl methyl sites for hydroxylation is 2. The smallest absolute Gasteiger partial charge is 0.246 e. The fraction of sp³-hybridized carbons (Fsp3) is 0.353. The summed E-state index contributed by atoms with van der Waals surface area (Å²) in [6.45, 7) is 4.45. The molecule has 0 fully saturated rings. The van der Waals surface area contributed by atoms with E-state index >= 15 is 0 Å². The fourth-order valence-corrected chi connectivity index (χ4v) is 4.21. The summed E-state index contributed by atoms with van der Waals surface area (Å²) in [4.78, 5) is 23.9. The van der Waals surface area contributed by atoms with Gasteiger partial charge in [0.25, 0.3) is 0 Å². The van der Waals surface area contributed by atoms with E-state index in [2.05, 4.69) is 36.4 Å². The van der Waals surface area contributed by atoms with Crippen LogP contribution in [0.5, 0.6) is 0 Å². The van der Waals surface area contributed by atoms with E-state index in [-0.39, 0.29) is 35.2 Å². The molecule has 11 heteroatoms. The van der Waals surface area contributed by atoms with E-state index in [0.717, 1.165) is 4.47 Å². The van der Waals surface area contributed by atoms with Gasteiger partial charge in [-0.3, -0.25) is 9.59 Å². The summed E-state index contributed by atoms with van der Waals surface area (Å²) < 4.78 is 32.8. The Morgan fingerprint density at radius 1 is 1.21 bits per heavy atom.